The normalized spacial score (nSPS) is 11.5. The van der Waals surface area contributed by atoms with Gasteiger partial charge >= 0.3 is 20.2 Å². The maximum atomic E-state index is 16.2. The van der Waals surface area contributed by atoms with Crippen LogP contribution < -0.4 is 22.6 Å². The minimum absolute atomic E-state index is 0.0260. The van der Waals surface area contributed by atoms with Crippen LogP contribution in [0.1, 0.15) is 5.56 Å². The van der Waals surface area contributed by atoms with Crippen LogP contribution >= 0.6 is 0 Å². The Hall–Kier alpha value is -4.49. The van der Waals surface area contributed by atoms with Gasteiger partial charge in [-0.1, -0.05) is 48.5 Å². The lowest BCUT2D eigenvalue weighted by Gasteiger charge is -2.22. The van der Waals surface area contributed by atoms with Crippen molar-refractivity contribution >= 4 is 20.2 Å². The summed E-state index contributed by atoms with van der Waals surface area (Å²) in [5, 5.41) is 10.7. The van der Waals surface area contributed by atoms with E-state index in [1.165, 1.54) is 56.7 Å². The highest BCUT2D eigenvalue weighted by atomic mass is 32.2. The Bertz CT molecular complexity index is 1810. The van der Waals surface area contributed by atoms with Crippen molar-refractivity contribution < 1.29 is 48.9 Å². The molecule has 0 aromatic heterocycles. The first-order chi connectivity index (χ1) is 19.8. The zero-order valence-electron chi connectivity index (χ0n) is 23.0. The number of benzene rings is 4. The highest BCUT2D eigenvalue weighted by Gasteiger charge is 2.31. The number of aromatic hydroxyl groups is 1. The molecule has 10 nitrogen and oxygen atoms in total. The van der Waals surface area contributed by atoms with Crippen molar-refractivity contribution in [2.24, 2.45) is 0 Å². The second kappa shape index (κ2) is 12.2. The minimum Gasteiger partial charge on any atom is -0.504 e. The molecule has 0 atom stereocenters. The van der Waals surface area contributed by atoms with Gasteiger partial charge in [0.15, 0.2) is 34.6 Å². The molecule has 0 aliphatic heterocycles. The third-order valence-corrected chi connectivity index (χ3v) is 6.79. The fourth-order valence-corrected chi connectivity index (χ4v) is 5.10. The van der Waals surface area contributed by atoms with Gasteiger partial charge in [0.05, 0.1) is 37.9 Å². The van der Waals surface area contributed by atoms with Crippen LogP contribution in [0.4, 0.5) is 4.39 Å². The molecule has 0 saturated heterocycles. The lowest BCUT2D eigenvalue weighted by Crippen LogP contribution is -2.10. The molecule has 0 aliphatic carbocycles. The zero-order chi connectivity index (χ0) is 30.7. The Morgan fingerprint density at radius 2 is 1.31 bits per heavy atom. The second-order valence-electron chi connectivity index (χ2n) is 9.02. The van der Waals surface area contributed by atoms with Gasteiger partial charge in [-0.05, 0) is 41.0 Å². The number of halogens is 1. The van der Waals surface area contributed by atoms with E-state index in [-0.39, 0.29) is 51.9 Å². The van der Waals surface area contributed by atoms with E-state index in [4.69, 9.17) is 22.6 Å². The van der Waals surface area contributed by atoms with Gasteiger partial charge in [-0.3, -0.25) is 0 Å². The molecule has 4 rings (SSSR count). The minimum atomic E-state index is -4.19. The van der Waals surface area contributed by atoms with Gasteiger partial charge in [-0.15, -0.1) is 0 Å². The van der Waals surface area contributed by atoms with E-state index >= 15 is 4.39 Å². The smallest absolute Gasteiger partial charge is 0.306 e. The molecule has 4 aromatic carbocycles. The monoisotopic (exact) mass is 618 g/mol. The predicted molar refractivity (Wildman–Crippen MR) is 154 cm³/mol. The van der Waals surface area contributed by atoms with Gasteiger partial charge in [0.2, 0.25) is 0 Å². The fraction of sp³-hybridized carbons (Fsp3) is 0.172. The number of rotatable bonds is 11. The number of methoxy groups -OCH3 is 2. The molecular weight excluding hydrogens is 591 g/mol. The largest absolute Gasteiger partial charge is 0.504 e. The van der Waals surface area contributed by atoms with Crippen molar-refractivity contribution in [3.05, 3.63) is 84.2 Å². The highest BCUT2D eigenvalue weighted by molar-refractivity contribution is 7.86. The SMILES string of the molecule is COc1c(OS(C)(=O)=O)c(-c2ccc(OCc3ccccc3)c(O)c2)c(OC)c(F)c1-c1ccc(OS(C)(=O)=O)cc1. The molecule has 0 unspecified atom stereocenters. The Kier molecular flexibility index (Phi) is 8.83. The summed E-state index contributed by atoms with van der Waals surface area (Å²) >= 11 is 0. The van der Waals surface area contributed by atoms with Crippen molar-refractivity contribution in [3.63, 3.8) is 0 Å². The molecule has 0 fully saturated rings. The van der Waals surface area contributed by atoms with Crippen molar-refractivity contribution in [1.82, 2.24) is 0 Å². The Balaban J connectivity index is 1.87. The van der Waals surface area contributed by atoms with Crippen molar-refractivity contribution in [3.8, 4) is 56.8 Å². The maximum absolute atomic E-state index is 16.2. The molecule has 0 aliphatic rings. The summed E-state index contributed by atoms with van der Waals surface area (Å²) in [6.07, 6.45) is 1.68. The number of phenols is 1. The summed E-state index contributed by atoms with van der Waals surface area (Å²) in [5.74, 6) is -2.24. The molecule has 4 aromatic rings. The van der Waals surface area contributed by atoms with Gasteiger partial charge in [-0.2, -0.15) is 16.8 Å². The van der Waals surface area contributed by atoms with E-state index in [9.17, 15) is 21.9 Å². The fourth-order valence-electron chi connectivity index (χ4n) is 4.17. The second-order valence-corrected chi connectivity index (χ2v) is 12.2. The molecular formula is C29H27FO10S2. The first-order valence-electron chi connectivity index (χ1n) is 12.2. The summed E-state index contributed by atoms with van der Waals surface area (Å²) in [7, 11) is -5.62. The van der Waals surface area contributed by atoms with Gasteiger partial charge in [0.1, 0.15) is 12.4 Å². The van der Waals surface area contributed by atoms with Gasteiger partial charge in [0, 0.05) is 0 Å². The molecule has 42 heavy (non-hydrogen) atoms. The standard InChI is InChI=1S/C29H27FO10S2/c1-36-27-25(20-12-15-23(22(31)16-20)38-17-18-8-6-5-7-9-18)29(40-42(4,34)35)28(37-2)24(26(27)30)19-10-13-21(14-11-19)39-41(3,32)33/h5-16,31H,17H2,1-4H3. The number of ether oxygens (including phenoxy) is 3. The first-order valence-corrected chi connectivity index (χ1v) is 15.8. The number of hydrogen-bond acceptors (Lipinski definition) is 10. The van der Waals surface area contributed by atoms with Crippen LogP contribution in [-0.2, 0) is 26.8 Å². The molecule has 0 spiro atoms. The molecule has 0 amide bonds. The summed E-state index contributed by atoms with van der Waals surface area (Å²) in [5.41, 5.74) is 0.791. The van der Waals surface area contributed by atoms with Crippen LogP contribution in [0.25, 0.3) is 22.3 Å². The first kappa shape index (κ1) is 30.5. The van der Waals surface area contributed by atoms with Crippen LogP contribution in [0, 0.1) is 5.82 Å². The number of hydrogen-bond donors (Lipinski definition) is 1. The Morgan fingerprint density at radius 3 is 1.86 bits per heavy atom. The molecule has 1 N–H and O–H groups in total. The van der Waals surface area contributed by atoms with E-state index in [1.807, 2.05) is 30.3 Å². The summed E-state index contributed by atoms with van der Waals surface area (Å²) in [6, 6.07) is 18.7. The van der Waals surface area contributed by atoms with E-state index in [2.05, 4.69) is 0 Å². The summed E-state index contributed by atoms with van der Waals surface area (Å²) < 4.78 is 90.6. The summed E-state index contributed by atoms with van der Waals surface area (Å²) in [6.45, 7) is 0.171. The molecule has 0 heterocycles. The van der Waals surface area contributed by atoms with E-state index in [1.54, 1.807) is 0 Å². The lowest BCUT2D eigenvalue weighted by atomic mass is 9.95. The third-order valence-electron chi connectivity index (χ3n) is 5.82. The predicted octanol–water partition coefficient (Wildman–Crippen LogP) is 5.14. The maximum Gasteiger partial charge on any atom is 0.306 e. The summed E-state index contributed by atoms with van der Waals surface area (Å²) in [4.78, 5) is 0. The third kappa shape index (κ3) is 7.04. The lowest BCUT2D eigenvalue weighted by molar-refractivity contribution is 0.289. The van der Waals surface area contributed by atoms with Crippen LogP contribution in [0.2, 0.25) is 0 Å². The Labute approximate surface area is 243 Å². The van der Waals surface area contributed by atoms with Crippen LogP contribution in [0.5, 0.6) is 34.5 Å². The van der Waals surface area contributed by atoms with Gasteiger partial charge in [0.25, 0.3) is 0 Å². The average molecular weight is 619 g/mol. The topological polar surface area (TPSA) is 135 Å². The quantitative estimate of drug-likeness (QED) is 0.225. The van der Waals surface area contributed by atoms with E-state index in [0.29, 0.717) is 0 Å². The van der Waals surface area contributed by atoms with Crippen molar-refractivity contribution in [2.75, 3.05) is 26.7 Å². The molecule has 0 bridgehead atoms. The average Bonchev–Trinajstić information content (AvgIpc) is 2.92. The van der Waals surface area contributed by atoms with Crippen LogP contribution in [0.3, 0.4) is 0 Å². The Morgan fingerprint density at radius 1 is 0.714 bits per heavy atom. The highest BCUT2D eigenvalue weighted by Crippen LogP contribution is 2.53. The zero-order valence-corrected chi connectivity index (χ0v) is 24.6. The van der Waals surface area contributed by atoms with E-state index in [0.717, 1.165) is 18.1 Å². The molecule has 0 saturated carbocycles. The van der Waals surface area contributed by atoms with Gasteiger partial charge < -0.3 is 27.7 Å². The number of phenolic OH excluding ortho intramolecular Hbond substituents is 1. The molecule has 222 valence electrons. The van der Waals surface area contributed by atoms with Crippen LogP contribution in [-0.4, -0.2) is 48.7 Å². The van der Waals surface area contributed by atoms with Crippen molar-refractivity contribution in [2.45, 2.75) is 6.61 Å². The van der Waals surface area contributed by atoms with Crippen molar-refractivity contribution in [1.29, 1.82) is 0 Å². The van der Waals surface area contributed by atoms with Gasteiger partial charge in [-0.25, -0.2) is 4.39 Å². The molecule has 13 heteroatoms. The van der Waals surface area contributed by atoms with E-state index < -0.39 is 37.6 Å². The molecule has 0 radical (unpaired) electrons. The van der Waals surface area contributed by atoms with Crippen LogP contribution in [0.15, 0.2) is 72.8 Å².